The maximum Gasteiger partial charge on any atom is 0.332 e. The van der Waals surface area contributed by atoms with Gasteiger partial charge in [0.15, 0.2) is 0 Å². The largest absolute Gasteiger partial charge is 0.332 e. The number of nitrogens with one attached hydrogen (secondary N) is 1. The van der Waals surface area contributed by atoms with E-state index in [-0.39, 0.29) is 6.04 Å². The van der Waals surface area contributed by atoms with Crippen molar-refractivity contribution in [1.29, 1.82) is 0 Å². The third-order valence-electron chi connectivity index (χ3n) is 2.17. The van der Waals surface area contributed by atoms with Gasteiger partial charge in [0.25, 0.3) is 0 Å². The summed E-state index contributed by atoms with van der Waals surface area (Å²) < 4.78 is 22.7. The lowest BCUT2D eigenvalue weighted by Gasteiger charge is -2.21. The second kappa shape index (κ2) is 9.17. The monoisotopic (exact) mass is 251 g/mol. The van der Waals surface area contributed by atoms with Crippen molar-refractivity contribution in [1.82, 2.24) is 5.32 Å². The lowest BCUT2D eigenvalue weighted by Crippen LogP contribution is -2.30. The molecule has 1 atom stereocenters. The Balaban J connectivity index is 4.02. The van der Waals surface area contributed by atoms with E-state index >= 15 is 0 Å². The number of hydrogen-bond donors (Lipinski definition) is 1. The van der Waals surface area contributed by atoms with Gasteiger partial charge in [0, 0.05) is 6.04 Å². The molecular formula is C11H26NO3P. The first-order valence-electron chi connectivity index (χ1n) is 6.19. The van der Waals surface area contributed by atoms with Crippen LogP contribution in [0.1, 0.15) is 40.5 Å². The quantitative estimate of drug-likeness (QED) is 0.479. The average Bonchev–Trinajstić information content (AvgIpc) is 2.18. The smallest absolute Gasteiger partial charge is 0.314 e. The van der Waals surface area contributed by atoms with E-state index in [9.17, 15) is 4.57 Å². The van der Waals surface area contributed by atoms with Crippen LogP contribution < -0.4 is 5.32 Å². The second-order valence-electron chi connectivity index (χ2n) is 3.84. The summed E-state index contributed by atoms with van der Waals surface area (Å²) in [6, 6.07) is 0.162. The first-order chi connectivity index (χ1) is 7.58. The molecule has 1 N–H and O–H groups in total. The molecule has 0 aromatic rings. The van der Waals surface area contributed by atoms with E-state index in [2.05, 4.69) is 12.2 Å². The minimum Gasteiger partial charge on any atom is -0.314 e. The van der Waals surface area contributed by atoms with Gasteiger partial charge in [-0.25, -0.2) is 0 Å². The summed E-state index contributed by atoms with van der Waals surface area (Å²) in [7, 11) is -2.89. The van der Waals surface area contributed by atoms with Gasteiger partial charge in [0.05, 0.1) is 19.4 Å². The Hall–Kier alpha value is 0.110. The van der Waals surface area contributed by atoms with Crippen molar-refractivity contribution in [2.75, 3.05) is 25.9 Å². The number of rotatable bonds is 10. The van der Waals surface area contributed by atoms with Crippen molar-refractivity contribution in [3.63, 3.8) is 0 Å². The topological polar surface area (TPSA) is 47.6 Å². The normalized spacial score (nSPS) is 14.0. The molecule has 0 saturated carbocycles. The van der Waals surface area contributed by atoms with E-state index in [1.165, 1.54) is 0 Å². The fourth-order valence-corrected chi connectivity index (χ4v) is 3.33. The first-order valence-corrected chi connectivity index (χ1v) is 7.92. The summed E-state index contributed by atoms with van der Waals surface area (Å²) >= 11 is 0. The second-order valence-corrected chi connectivity index (χ2v) is 5.94. The van der Waals surface area contributed by atoms with Gasteiger partial charge < -0.3 is 14.4 Å². The van der Waals surface area contributed by atoms with Gasteiger partial charge in [-0.1, -0.05) is 13.3 Å². The highest BCUT2D eigenvalue weighted by Crippen LogP contribution is 2.48. The predicted molar refractivity (Wildman–Crippen MR) is 68.1 cm³/mol. The SMILES string of the molecule is CCCCNC(C)CP(=O)(OCC)OCC. The van der Waals surface area contributed by atoms with E-state index in [0.717, 1.165) is 19.4 Å². The zero-order chi connectivity index (χ0) is 12.4. The van der Waals surface area contributed by atoms with Crippen LogP contribution in [0.15, 0.2) is 0 Å². The fraction of sp³-hybridized carbons (Fsp3) is 1.00. The predicted octanol–water partition coefficient (Wildman–Crippen LogP) is 3.03. The summed E-state index contributed by atoms with van der Waals surface area (Å²) in [4.78, 5) is 0. The van der Waals surface area contributed by atoms with Crippen LogP contribution in [0.25, 0.3) is 0 Å². The molecule has 0 aliphatic heterocycles. The molecule has 1 unspecified atom stereocenters. The molecule has 0 amide bonds. The maximum absolute atomic E-state index is 12.2. The van der Waals surface area contributed by atoms with Crippen molar-refractivity contribution in [2.45, 2.75) is 46.6 Å². The van der Waals surface area contributed by atoms with Crippen LogP contribution in [-0.2, 0) is 13.6 Å². The van der Waals surface area contributed by atoms with Gasteiger partial charge in [-0.15, -0.1) is 0 Å². The lowest BCUT2D eigenvalue weighted by atomic mass is 10.3. The van der Waals surface area contributed by atoms with E-state index in [1.54, 1.807) is 0 Å². The van der Waals surface area contributed by atoms with Crippen LogP contribution in [-0.4, -0.2) is 32.0 Å². The molecule has 0 heterocycles. The molecule has 0 spiro atoms. The van der Waals surface area contributed by atoms with E-state index in [1.807, 2.05) is 20.8 Å². The Labute approximate surface area is 99.6 Å². The molecule has 0 radical (unpaired) electrons. The molecule has 0 aliphatic carbocycles. The summed E-state index contributed by atoms with van der Waals surface area (Å²) in [5, 5.41) is 3.32. The zero-order valence-electron chi connectivity index (χ0n) is 11.0. The first kappa shape index (κ1) is 16.1. The molecule has 0 aromatic heterocycles. The Bertz CT molecular complexity index is 201. The van der Waals surface area contributed by atoms with Crippen LogP contribution in [0, 0.1) is 0 Å². The minimum atomic E-state index is -2.89. The third-order valence-corrected chi connectivity index (χ3v) is 4.47. The Morgan fingerprint density at radius 1 is 1.19 bits per heavy atom. The Morgan fingerprint density at radius 3 is 2.19 bits per heavy atom. The van der Waals surface area contributed by atoms with Gasteiger partial charge >= 0.3 is 7.60 Å². The van der Waals surface area contributed by atoms with E-state index < -0.39 is 7.60 Å². The van der Waals surface area contributed by atoms with Crippen LogP contribution in [0.3, 0.4) is 0 Å². The van der Waals surface area contributed by atoms with Gasteiger partial charge in [0.1, 0.15) is 0 Å². The summed E-state index contributed by atoms with van der Waals surface area (Å²) in [5.41, 5.74) is 0. The highest BCUT2D eigenvalue weighted by molar-refractivity contribution is 7.53. The van der Waals surface area contributed by atoms with Gasteiger partial charge in [0.2, 0.25) is 0 Å². The van der Waals surface area contributed by atoms with Crippen LogP contribution in [0.4, 0.5) is 0 Å². The van der Waals surface area contributed by atoms with Crippen molar-refractivity contribution in [2.24, 2.45) is 0 Å². The average molecular weight is 251 g/mol. The molecule has 16 heavy (non-hydrogen) atoms. The number of unbranched alkanes of at least 4 members (excludes halogenated alkanes) is 1. The van der Waals surface area contributed by atoms with Crippen LogP contribution in [0.2, 0.25) is 0 Å². The molecule has 98 valence electrons. The molecule has 0 aliphatic rings. The minimum absolute atomic E-state index is 0.162. The molecule has 5 heteroatoms. The highest BCUT2D eigenvalue weighted by atomic mass is 31.2. The molecule has 0 saturated heterocycles. The molecule has 0 bridgehead atoms. The molecular weight excluding hydrogens is 225 g/mol. The third kappa shape index (κ3) is 7.39. The van der Waals surface area contributed by atoms with Crippen LogP contribution >= 0.6 is 7.60 Å². The van der Waals surface area contributed by atoms with E-state index in [0.29, 0.717) is 19.4 Å². The van der Waals surface area contributed by atoms with Gasteiger partial charge in [-0.3, -0.25) is 4.57 Å². The Morgan fingerprint density at radius 2 is 1.75 bits per heavy atom. The Kier molecular flexibility index (Phi) is 9.24. The highest BCUT2D eigenvalue weighted by Gasteiger charge is 2.25. The van der Waals surface area contributed by atoms with Gasteiger partial charge in [-0.2, -0.15) is 0 Å². The maximum atomic E-state index is 12.2. The molecule has 0 rings (SSSR count). The summed E-state index contributed by atoms with van der Waals surface area (Å²) in [6.07, 6.45) is 2.74. The van der Waals surface area contributed by atoms with Crippen molar-refractivity contribution < 1.29 is 13.6 Å². The molecule has 0 fully saturated rings. The van der Waals surface area contributed by atoms with Crippen molar-refractivity contribution in [3.8, 4) is 0 Å². The molecule has 4 nitrogen and oxygen atoms in total. The van der Waals surface area contributed by atoms with Crippen LogP contribution in [0.5, 0.6) is 0 Å². The lowest BCUT2D eigenvalue weighted by molar-refractivity contribution is 0.218. The van der Waals surface area contributed by atoms with E-state index in [4.69, 9.17) is 9.05 Å². The number of hydrogen-bond acceptors (Lipinski definition) is 4. The molecule has 0 aromatic carbocycles. The standard InChI is InChI=1S/C11H26NO3P/c1-5-8-9-12-11(4)10-16(13,14-6-2)15-7-3/h11-12H,5-10H2,1-4H3. The van der Waals surface area contributed by atoms with Crippen molar-refractivity contribution >= 4 is 7.60 Å². The fourth-order valence-electron chi connectivity index (χ4n) is 1.46. The zero-order valence-corrected chi connectivity index (χ0v) is 11.9. The summed E-state index contributed by atoms with van der Waals surface area (Å²) in [6.45, 7) is 9.65. The van der Waals surface area contributed by atoms with Gasteiger partial charge in [-0.05, 0) is 33.7 Å². The van der Waals surface area contributed by atoms with Crippen molar-refractivity contribution in [3.05, 3.63) is 0 Å². The summed E-state index contributed by atoms with van der Waals surface area (Å²) in [5.74, 6) is 0.